The van der Waals surface area contributed by atoms with E-state index >= 15 is 0 Å². The minimum absolute atomic E-state index is 0.0202. The summed E-state index contributed by atoms with van der Waals surface area (Å²) in [5.41, 5.74) is 1.45. The zero-order valence-electron chi connectivity index (χ0n) is 12.8. The Kier molecular flexibility index (Phi) is 4.11. The number of likely N-dealkylation sites (tertiary alicyclic amines) is 1. The number of carbonyl (C=O) groups is 1. The fourth-order valence-electron chi connectivity index (χ4n) is 2.84. The van der Waals surface area contributed by atoms with Gasteiger partial charge in [0.05, 0.1) is 11.6 Å². The Morgan fingerprint density at radius 1 is 1.36 bits per heavy atom. The lowest BCUT2D eigenvalue weighted by atomic mass is 10.0. The average Bonchev–Trinajstić information content (AvgIpc) is 2.96. The van der Waals surface area contributed by atoms with E-state index < -0.39 is 0 Å². The fraction of sp³-hybridized carbons (Fsp3) is 0.438. The van der Waals surface area contributed by atoms with Crippen molar-refractivity contribution in [2.24, 2.45) is 7.05 Å². The van der Waals surface area contributed by atoms with Gasteiger partial charge in [-0.2, -0.15) is 0 Å². The predicted octanol–water partition coefficient (Wildman–Crippen LogP) is 2.52. The van der Waals surface area contributed by atoms with Gasteiger partial charge in [0, 0.05) is 36.9 Å². The lowest BCUT2D eigenvalue weighted by Crippen LogP contribution is -2.39. The van der Waals surface area contributed by atoms with E-state index in [9.17, 15) is 9.59 Å². The SMILES string of the molecule is Cc1csc([C@H]2CCCCN2C(=O)c2ccc(=O)n(C)c2)n1. The van der Waals surface area contributed by atoms with E-state index in [1.807, 2.05) is 17.2 Å². The Bertz CT molecular complexity index is 750. The van der Waals surface area contributed by atoms with E-state index in [4.69, 9.17) is 0 Å². The van der Waals surface area contributed by atoms with Gasteiger partial charge in [0.1, 0.15) is 5.01 Å². The van der Waals surface area contributed by atoms with Crippen LogP contribution in [0.3, 0.4) is 0 Å². The van der Waals surface area contributed by atoms with E-state index in [-0.39, 0.29) is 17.5 Å². The third kappa shape index (κ3) is 2.83. The van der Waals surface area contributed by atoms with E-state index in [2.05, 4.69) is 4.98 Å². The smallest absolute Gasteiger partial charge is 0.255 e. The van der Waals surface area contributed by atoms with Crippen molar-refractivity contribution in [3.8, 4) is 0 Å². The second kappa shape index (κ2) is 6.04. The van der Waals surface area contributed by atoms with Gasteiger partial charge in [-0.15, -0.1) is 11.3 Å². The maximum Gasteiger partial charge on any atom is 0.255 e. The lowest BCUT2D eigenvalue weighted by molar-refractivity contribution is 0.0610. The molecule has 3 heterocycles. The van der Waals surface area contributed by atoms with Crippen LogP contribution in [0.15, 0.2) is 28.5 Å². The summed E-state index contributed by atoms with van der Waals surface area (Å²) in [6.45, 7) is 2.72. The highest BCUT2D eigenvalue weighted by atomic mass is 32.1. The highest BCUT2D eigenvalue weighted by molar-refractivity contribution is 7.09. The molecule has 5 nitrogen and oxygen atoms in total. The second-order valence-corrected chi connectivity index (χ2v) is 6.59. The third-order valence-electron chi connectivity index (χ3n) is 4.02. The van der Waals surface area contributed by atoms with Gasteiger partial charge in [0.15, 0.2) is 0 Å². The lowest BCUT2D eigenvalue weighted by Gasteiger charge is -2.34. The molecule has 1 fully saturated rings. The molecule has 2 aromatic rings. The molecule has 22 heavy (non-hydrogen) atoms. The predicted molar refractivity (Wildman–Crippen MR) is 86.2 cm³/mol. The van der Waals surface area contributed by atoms with Crippen LogP contribution in [0, 0.1) is 6.92 Å². The molecule has 0 spiro atoms. The number of pyridine rings is 1. The topological polar surface area (TPSA) is 55.2 Å². The van der Waals surface area contributed by atoms with Crippen molar-refractivity contribution in [1.82, 2.24) is 14.5 Å². The fourth-order valence-corrected chi connectivity index (χ4v) is 3.79. The van der Waals surface area contributed by atoms with E-state index in [0.29, 0.717) is 5.56 Å². The summed E-state index contributed by atoms with van der Waals surface area (Å²) in [7, 11) is 1.66. The van der Waals surface area contributed by atoms with Crippen molar-refractivity contribution < 1.29 is 4.79 Å². The number of hydrogen-bond acceptors (Lipinski definition) is 4. The molecular weight excluding hydrogens is 298 g/mol. The zero-order chi connectivity index (χ0) is 15.7. The molecule has 1 saturated heterocycles. The molecule has 0 bridgehead atoms. The van der Waals surface area contributed by atoms with Crippen molar-refractivity contribution in [1.29, 1.82) is 0 Å². The molecular formula is C16H19N3O2S. The number of thiazole rings is 1. The van der Waals surface area contributed by atoms with Crippen LogP contribution in [0.5, 0.6) is 0 Å². The van der Waals surface area contributed by atoms with Gasteiger partial charge in [-0.05, 0) is 32.3 Å². The normalized spacial score (nSPS) is 18.5. The van der Waals surface area contributed by atoms with Crippen molar-refractivity contribution in [2.75, 3.05) is 6.54 Å². The maximum atomic E-state index is 12.8. The number of carbonyl (C=O) groups excluding carboxylic acids is 1. The number of hydrogen-bond donors (Lipinski definition) is 0. The van der Waals surface area contributed by atoms with Gasteiger partial charge in [0.2, 0.25) is 5.56 Å². The summed E-state index contributed by atoms with van der Waals surface area (Å²) in [4.78, 5) is 30.8. The van der Waals surface area contributed by atoms with Crippen LogP contribution < -0.4 is 5.56 Å². The third-order valence-corrected chi connectivity index (χ3v) is 5.08. The van der Waals surface area contributed by atoms with Crippen LogP contribution in [0.25, 0.3) is 0 Å². The van der Waals surface area contributed by atoms with Crippen LogP contribution in [-0.4, -0.2) is 26.9 Å². The molecule has 116 valence electrons. The molecule has 3 rings (SSSR count). The molecule has 0 radical (unpaired) electrons. The molecule has 1 atom stereocenters. The molecule has 0 aromatic carbocycles. The van der Waals surface area contributed by atoms with Gasteiger partial charge >= 0.3 is 0 Å². The summed E-state index contributed by atoms with van der Waals surface area (Å²) >= 11 is 1.62. The number of piperidine rings is 1. The first kappa shape index (κ1) is 15.0. The molecule has 2 aromatic heterocycles. The quantitative estimate of drug-likeness (QED) is 0.855. The minimum atomic E-state index is -0.109. The Hall–Kier alpha value is -1.95. The number of nitrogens with zero attached hydrogens (tertiary/aromatic N) is 3. The van der Waals surface area contributed by atoms with Crippen LogP contribution in [-0.2, 0) is 7.05 Å². The highest BCUT2D eigenvalue weighted by Crippen LogP contribution is 2.33. The van der Waals surface area contributed by atoms with Crippen LogP contribution in [0.1, 0.15) is 46.4 Å². The Balaban J connectivity index is 1.91. The number of amides is 1. The molecule has 0 aliphatic carbocycles. The molecule has 6 heteroatoms. The van der Waals surface area contributed by atoms with Gasteiger partial charge in [-0.25, -0.2) is 4.98 Å². The number of aryl methyl sites for hydroxylation is 2. The Morgan fingerprint density at radius 2 is 2.18 bits per heavy atom. The number of aromatic nitrogens is 2. The summed E-state index contributed by atoms with van der Waals surface area (Å²) in [6.07, 6.45) is 4.69. The summed E-state index contributed by atoms with van der Waals surface area (Å²) < 4.78 is 1.44. The minimum Gasteiger partial charge on any atom is -0.329 e. The largest absolute Gasteiger partial charge is 0.329 e. The standard InChI is InChI=1S/C16H19N3O2S/c1-11-10-22-15(17-11)13-5-3-4-8-19(13)16(21)12-6-7-14(20)18(2)9-12/h6-7,9-10,13H,3-5,8H2,1-2H3/t13-/m1/s1. The van der Waals surface area contributed by atoms with Crippen molar-refractivity contribution in [3.63, 3.8) is 0 Å². The molecule has 1 aliphatic heterocycles. The molecule has 1 aliphatic rings. The molecule has 0 saturated carbocycles. The van der Waals surface area contributed by atoms with Gasteiger partial charge in [0.25, 0.3) is 5.91 Å². The molecule has 1 amide bonds. The summed E-state index contributed by atoms with van der Waals surface area (Å²) in [5, 5.41) is 3.04. The second-order valence-electron chi connectivity index (χ2n) is 5.70. The molecule has 0 unspecified atom stereocenters. The average molecular weight is 317 g/mol. The Morgan fingerprint density at radius 3 is 2.86 bits per heavy atom. The summed E-state index contributed by atoms with van der Waals surface area (Å²) in [6, 6.07) is 3.11. The van der Waals surface area contributed by atoms with Crippen LogP contribution in [0.4, 0.5) is 0 Å². The van der Waals surface area contributed by atoms with Gasteiger partial charge in [-0.1, -0.05) is 0 Å². The molecule has 0 N–H and O–H groups in total. The van der Waals surface area contributed by atoms with Gasteiger partial charge < -0.3 is 9.47 Å². The van der Waals surface area contributed by atoms with Crippen molar-refractivity contribution in [3.05, 3.63) is 50.3 Å². The van der Waals surface area contributed by atoms with Crippen molar-refractivity contribution >= 4 is 17.2 Å². The first-order valence-electron chi connectivity index (χ1n) is 7.46. The van der Waals surface area contributed by atoms with Crippen molar-refractivity contribution in [2.45, 2.75) is 32.2 Å². The first-order chi connectivity index (χ1) is 10.6. The van der Waals surface area contributed by atoms with Gasteiger partial charge in [-0.3, -0.25) is 9.59 Å². The summed E-state index contributed by atoms with van der Waals surface area (Å²) in [5.74, 6) is -0.0202. The van der Waals surface area contributed by atoms with E-state index in [1.54, 1.807) is 30.6 Å². The maximum absolute atomic E-state index is 12.8. The van der Waals surface area contributed by atoms with E-state index in [0.717, 1.165) is 36.5 Å². The van der Waals surface area contributed by atoms with E-state index in [1.165, 1.54) is 10.6 Å². The zero-order valence-corrected chi connectivity index (χ0v) is 13.6. The van der Waals surface area contributed by atoms with Crippen LogP contribution >= 0.6 is 11.3 Å². The first-order valence-corrected chi connectivity index (χ1v) is 8.34. The Labute approximate surface area is 133 Å². The highest BCUT2D eigenvalue weighted by Gasteiger charge is 2.30. The number of rotatable bonds is 2. The monoisotopic (exact) mass is 317 g/mol. The van der Waals surface area contributed by atoms with Crippen LogP contribution in [0.2, 0.25) is 0 Å².